The van der Waals surface area contributed by atoms with Gasteiger partial charge < -0.3 is 10.6 Å². The summed E-state index contributed by atoms with van der Waals surface area (Å²) in [5.74, 6) is 0.309. The van der Waals surface area contributed by atoms with Gasteiger partial charge in [0.25, 0.3) is 0 Å². The van der Waals surface area contributed by atoms with Crippen molar-refractivity contribution in [1.82, 2.24) is 4.90 Å². The number of hydrogen-bond donors (Lipinski definition) is 1. The molecule has 1 unspecified atom stereocenters. The van der Waals surface area contributed by atoms with E-state index in [-0.39, 0.29) is 11.9 Å². The molecule has 0 spiro atoms. The van der Waals surface area contributed by atoms with Crippen molar-refractivity contribution < 1.29 is 4.79 Å². The van der Waals surface area contributed by atoms with Gasteiger partial charge in [-0.3, -0.25) is 4.79 Å². The summed E-state index contributed by atoms with van der Waals surface area (Å²) in [6.45, 7) is 6.21. The number of nitrogens with zero attached hydrogens (tertiary/aromatic N) is 2. The Balaban J connectivity index is 2.70. The van der Waals surface area contributed by atoms with Crippen LogP contribution in [-0.2, 0) is 4.79 Å². The molecule has 0 saturated heterocycles. The molecule has 1 saturated carbocycles. The van der Waals surface area contributed by atoms with Crippen LogP contribution in [0.15, 0.2) is 0 Å². The Bertz CT molecular complexity index is 300. The quantitative estimate of drug-likeness (QED) is 0.763. The summed E-state index contributed by atoms with van der Waals surface area (Å²) in [5.41, 5.74) is 5.35. The molecule has 1 atom stereocenters. The lowest BCUT2D eigenvalue weighted by Crippen LogP contribution is -2.56. The highest BCUT2D eigenvalue weighted by Crippen LogP contribution is 2.39. The molecule has 0 aromatic carbocycles. The first-order valence-corrected chi connectivity index (χ1v) is 5.88. The normalized spacial score (nSPS) is 19.0. The number of carbonyl (C=O) groups excluding carboxylic acids is 1. The van der Waals surface area contributed by atoms with E-state index in [2.05, 4.69) is 6.07 Å². The third kappa shape index (κ3) is 2.73. The molecular formula is C12H21N3O. The van der Waals surface area contributed by atoms with Crippen molar-refractivity contribution in [2.24, 2.45) is 11.7 Å². The second-order valence-corrected chi connectivity index (χ2v) is 5.06. The first-order valence-electron chi connectivity index (χ1n) is 5.88. The second-order valence-electron chi connectivity index (χ2n) is 5.06. The number of rotatable bonds is 5. The predicted molar refractivity (Wildman–Crippen MR) is 62.4 cm³/mol. The van der Waals surface area contributed by atoms with E-state index in [0.717, 1.165) is 12.8 Å². The minimum absolute atomic E-state index is 0.0137. The van der Waals surface area contributed by atoms with E-state index in [9.17, 15) is 4.79 Å². The Morgan fingerprint density at radius 2 is 2.19 bits per heavy atom. The topological polar surface area (TPSA) is 70.1 Å². The minimum Gasteiger partial charge on any atom is -0.338 e. The van der Waals surface area contributed by atoms with Crippen LogP contribution < -0.4 is 5.73 Å². The number of amides is 1. The van der Waals surface area contributed by atoms with Gasteiger partial charge in [0.05, 0.1) is 18.0 Å². The molecule has 0 aromatic heterocycles. The lowest BCUT2D eigenvalue weighted by molar-refractivity contribution is -0.138. The van der Waals surface area contributed by atoms with Gasteiger partial charge >= 0.3 is 0 Å². The Kier molecular flexibility index (Phi) is 3.93. The molecule has 1 aliphatic rings. The Morgan fingerprint density at radius 3 is 2.56 bits per heavy atom. The van der Waals surface area contributed by atoms with Crippen molar-refractivity contribution in [3.8, 4) is 6.07 Å². The summed E-state index contributed by atoms with van der Waals surface area (Å²) in [7, 11) is 0. The van der Waals surface area contributed by atoms with E-state index in [0.29, 0.717) is 18.9 Å². The minimum atomic E-state index is -0.750. The third-order valence-corrected chi connectivity index (χ3v) is 3.23. The van der Waals surface area contributed by atoms with Crippen molar-refractivity contribution in [2.45, 2.75) is 51.6 Å². The molecule has 4 heteroatoms. The van der Waals surface area contributed by atoms with Crippen molar-refractivity contribution in [2.75, 3.05) is 6.54 Å². The Labute approximate surface area is 97.4 Å². The van der Waals surface area contributed by atoms with Crippen LogP contribution in [0.2, 0.25) is 0 Å². The zero-order chi connectivity index (χ0) is 12.3. The molecule has 0 radical (unpaired) electrons. The van der Waals surface area contributed by atoms with Crippen LogP contribution in [0, 0.1) is 17.2 Å². The standard InChI is InChI=1S/C12H21N3O/c1-9(2)15(8-4-7-13)11(16)12(3,14)10-5-6-10/h9-10H,4-6,8,14H2,1-3H3. The molecule has 1 aliphatic carbocycles. The number of carbonyl (C=O) groups is 1. The molecule has 0 heterocycles. The zero-order valence-corrected chi connectivity index (χ0v) is 10.4. The monoisotopic (exact) mass is 223 g/mol. The van der Waals surface area contributed by atoms with Gasteiger partial charge in [-0.2, -0.15) is 5.26 Å². The smallest absolute Gasteiger partial charge is 0.242 e. The molecule has 2 N–H and O–H groups in total. The number of nitriles is 1. The van der Waals surface area contributed by atoms with Crippen molar-refractivity contribution in [3.63, 3.8) is 0 Å². The van der Waals surface area contributed by atoms with Crippen molar-refractivity contribution >= 4 is 5.91 Å². The maximum absolute atomic E-state index is 12.3. The Hall–Kier alpha value is -1.08. The average Bonchev–Trinajstić information content (AvgIpc) is 3.00. The summed E-state index contributed by atoms with van der Waals surface area (Å²) in [6, 6.07) is 2.17. The highest BCUT2D eigenvalue weighted by molar-refractivity contribution is 5.86. The highest BCUT2D eigenvalue weighted by Gasteiger charge is 2.46. The molecule has 90 valence electrons. The van der Waals surface area contributed by atoms with Gasteiger partial charge in [0.1, 0.15) is 0 Å². The molecule has 16 heavy (non-hydrogen) atoms. The number of nitrogens with two attached hydrogens (primary N) is 1. The first kappa shape index (κ1) is 13.0. The van der Waals surface area contributed by atoms with Gasteiger partial charge in [-0.05, 0) is 39.5 Å². The molecule has 1 amide bonds. The summed E-state index contributed by atoms with van der Waals surface area (Å²) >= 11 is 0. The molecule has 0 aliphatic heterocycles. The van der Waals surface area contributed by atoms with Gasteiger partial charge in [-0.1, -0.05) is 0 Å². The second kappa shape index (κ2) is 4.84. The van der Waals surface area contributed by atoms with Gasteiger partial charge in [-0.25, -0.2) is 0 Å². The van der Waals surface area contributed by atoms with E-state index in [4.69, 9.17) is 11.0 Å². The Morgan fingerprint density at radius 1 is 1.62 bits per heavy atom. The summed E-state index contributed by atoms with van der Waals surface area (Å²) in [4.78, 5) is 14.0. The van der Waals surface area contributed by atoms with Crippen LogP contribution in [0.4, 0.5) is 0 Å². The van der Waals surface area contributed by atoms with Crippen LogP contribution >= 0.6 is 0 Å². The largest absolute Gasteiger partial charge is 0.338 e. The molecule has 0 aromatic rings. The lowest BCUT2D eigenvalue weighted by atomic mass is 9.94. The zero-order valence-electron chi connectivity index (χ0n) is 10.4. The van der Waals surface area contributed by atoms with Gasteiger partial charge in [0, 0.05) is 12.6 Å². The molecule has 1 rings (SSSR count). The first-order chi connectivity index (χ1) is 7.41. The molecule has 0 bridgehead atoms. The van der Waals surface area contributed by atoms with Gasteiger partial charge in [0.15, 0.2) is 0 Å². The van der Waals surface area contributed by atoms with E-state index >= 15 is 0 Å². The molecular weight excluding hydrogens is 202 g/mol. The van der Waals surface area contributed by atoms with E-state index in [1.54, 1.807) is 4.90 Å². The highest BCUT2D eigenvalue weighted by atomic mass is 16.2. The summed E-state index contributed by atoms with van der Waals surface area (Å²) < 4.78 is 0. The fourth-order valence-corrected chi connectivity index (χ4v) is 1.93. The summed E-state index contributed by atoms with van der Waals surface area (Å²) in [5, 5.41) is 8.58. The van der Waals surface area contributed by atoms with Crippen molar-refractivity contribution in [1.29, 1.82) is 5.26 Å². The van der Waals surface area contributed by atoms with Gasteiger partial charge in [0.2, 0.25) is 5.91 Å². The molecule has 4 nitrogen and oxygen atoms in total. The van der Waals surface area contributed by atoms with E-state index in [1.165, 1.54) is 0 Å². The fourth-order valence-electron chi connectivity index (χ4n) is 1.93. The van der Waals surface area contributed by atoms with Gasteiger partial charge in [-0.15, -0.1) is 0 Å². The third-order valence-electron chi connectivity index (χ3n) is 3.23. The van der Waals surface area contributed by atoms with Crippen LogP contribution in [0.1, 0.15) is 40.0 Å². The number of hydrogen-bond acceptors (Lipinski definition) is 3. The maximum atomic E-state index is 12.3. The maximum Gasteiger partial charge on any atom is 0.242 e. The van der Waals surface area contributed by atoms with Crippen molar-refractivity contribution in [3.05, 3.63) is 0 Å². The predicted octanol–water partition coefficient (Wildman–Crippen LogP) is 1.26. The van der Waals surface area contributed by atoms with Crippen LogP contribution in [0.25, 0.3) is 0 Å². The summed E-state index contributed by atoms with van der Waals surface area (Å²) in [6.07, 6.45) is 2.45. The molecule has 1 fully saturated rings. The fraction of sp³-hybridized carbons (Fsp3) is 0.833. The average molecular weight is 223 g/mol. The lowest BCUT2D eigenvalue weighted by Gasteiger charge is -2.34. The van der Waals surface area contributed by atoms with Crippen LogP contribution in [0.3, 0.4) is 0 Å². The van der Waals surface area contributed by atoms with Crippen LogP contribution in [0.5, 0.6) is 0 Å². The van der Waals surface area contributed by atoms with E-state index < -0.39 is 5.54 Å². The SMILES string of the molecule is CC(C)N(CCC#N)C(=O)C(C)(N)C1CC1. The van der Waals surface area contributed by atoms with Crippen LogP contribution in [-0.4, -0.2) is 28.9 Å². The van der Waals surface area contributed by atoms with E-state index in [1.807, 2.05) is 20.8 Å².